The third-order valence-electron chi connectivity index (χ3n) is 2.11. The summed E-state index contributed by atoms with van der Waals surface area (Å²) in [6.07, 6.45) is 0.370. The molecule has 0 radical (unpaired) electrons. The van der Waals surface area contributed by atoms with Gasteiger partial charge < -0.3 is 4.74 Å². The first-order valence-electron chi connectivity index (χ1n) is 4.15. The molecule has 2 nitrogen and oxygen atoms in total. The van der Waals surface area contributed by atoms with Gasteiger partial charge in [-0.25, -0.2) is 0 Å². The van der Waals surface area contributed by atoms with E-state index in [9.17, 15) is 0 Å². The minimum Gasteiger partial charge on any atom is -0.376 e. The van der Waals surface area contributed by atoms with Crippen LogP contribution in [0.3, 0.4) is 0 Å². The summed E-state index contributed by atoms with van der Waals surface area (Å²) in [4.78, 5) is 2.38. The minimum absolute atomic E-state index is 0.370. The van der Waals surface area contributed by atoms with E-state index < -0.39 is 0 Å². The van der Waals surface area contributed by atoms with Crippen LogP contribution in [0.25, 0.3) is 0 Å². The smallest absolute Gasteiger partial charge is 0.0674 e. The molecule has 3 heteroatoms. The molecule has 0 aromatic rings. The van der Waals surface area contributed by atoms with Crippen molar-refractivity contribution in [1.82, 2.24) is 4.90 Å². The van der Waals surface area contributed by atoms with Crippen molar-refractivity contribution in [2.45, 2.75) is 26.0 Å². The van der Waals surface area contributed by atoms with E-state index in [0.29, 0.717) is 12.1 Å². The molecule has 1 fully saturated rings. The quantitative estimate of drug-likeness (QED) is 0.591. The lowest BCUT2D eigenvalue weighted by Gasteiger charge is -2.36. The number of alkyl halides is 1. The molecule has 0 aromatic carbocycles. The van der Waals surface area contributed by atoms with Gasteiger partial charge in [-0.15, -0.1) is 11.6 Å². The van der Waals surface area contributed by atoms with Crippen LogP contribution >= 0.6 is 11.6 Å². The highest BCUT2D eigenvalue weighted by Crippen LogP contribution is 2.10. The van der Waals surface area contributed by atoms with Gasteiger partial charge in [-0.3, -0.25) is 4.90 Å². The number of ether oxygens (including phenoxy) is 1. The summed E-state index contributed by atoms with van der Waals surface area (Å²) in [5, 5.41) is 0. The Morgan fingerprint density at radius 3 is 2.91 bits per heavy atom. The van der Waals surface area contributed by atoms with E-state index in [1.54, 1.807) is 0 Å². The molecule has 0 spiro atoms. The summed E-state index contributed by atoms with van der Waals surface area (Å²) in [6.45, 7) is 7.13. The molecule has 1 rings (SSSR count). The summed E-state index contributed by atoms with van der Waals surface area (Å²) in [7, 11) is 0. The number of hydrogen-bond acceptors (Lipinski definition) is 2. The van der Waals surface area contributed by atoms with Gasteiger partial charge in [-0.2, -0.15) is 0 Å². The van der Waals surface area contributed by atoms with Crippen molar-refractivity contribution < 1.29 is 4.74 Å². The SMILES string of the molecule is CC1CN(CCCl)C(C)CO1. The maximum atomic E-state index is 5.67. The van der Waals surface area contributed by atoms with Gasteiger partial charge in [0.1, 0.15) is 0 Å². The molecule has 1 aliphatic heterocycles. The molecule has 1 aliphatic rings. The lowest BCUT2D eigenvalue weighted by molar-refractivity contribution is -0.0468. The fraction of sp³-hybridized carbons (Fsp3) is 1.00. The molecule has 66 valence electrons. The number of nitrogens with zero attached hydrogens (tertiary/aromatic N) is 1. The third-order valence-corrected chi connectivity index (χ3v) is 2.28. The van der Waals surface area contributed by atoms with Crippen LogP contribution in [0, 0.1) is 0 Å². The lowest BCUT2D eigenvalue weighted by Crippen LogP contribution is -2.47. The van der Waals surface area contributed by atoms with Crippen molar-refractivity contribution in [3.63, 3.8) is 0 Å². The number of morpholine rings is 1. The Bertz CT molecular complexity index is 121. The van der Waals surface area contributed by atoms with Gasteiger partial charge in [0.05, 0.1) is 12.7 Å². The fourth-order valence-electron chi connectivity index (χ4n) is 1.39. The van der Waals surface area contributed by atoms with Crippen LogP contribution < -0.4 is 0 Å². The van der Waals surface area contributed by atoms with Crippen molar-refractivity contribution in [3.05, 3.63) is 0 Å². The Balaban J connectivity index is 2.34. The third kappa shape index (κ3) is 2.62. The van der Waals surface area contributed by atoms with E-state index in [2.05, 4.69) is 18.7 Å². The highest BCUT2D eigenvalue weighted by molar-refractivity contribution is 6.18. The van der Waals surface area contributed by atoms with E-state index >= 15 is 0 Å². The topological polar surface area (TPSA) is 12.5 Å². The van der Waals surface area contributed by atoms with Gasteiger partial charge in [-0.1, -0.05) is 0 Å². The van der Waals surface area contributed by atoms with E-state index in [1.807, 2.05) is 0 Å². The Morgan fingerprint density at radius 1 is 1.55 bits per heavy atom. The Hall–Kier alpha value is 0.210. The average molecular weight is 178 g/mol. The van der Waals surface area contributed by atoms with Gasteiger partial charge in [0.2, 0.25) is 0 Å². The maximum Gasteiger partial charge on any atom is 0.0674 e. The summed E-state index contributed by atoms with van der Waals surface area (Å²) >= 11 is 5.67. The summed E-state index contributed by atoms with van der Waals surface area (Å²) in [6, 6.07) is 0.532. The van der Waals surface area contributed by atoms with E-state index in [1.165, 1.54) is 0 Å². The number of halogens is 1. The summed E-state index contributed by atoms with van der Waals surface area (Å²) in [5.74, 6) is 0.719. The van der Waals surface area contributed by atoms with Crippen LogP contribution in [0.15, 0.2) is 0 Å². The van der Waals surface area contributed by atoms with Crippen LogP contribution in [-0.2, 0) is 4.74 Å². The van der Waals surface area contributed by atoms with Crippen molar-refractivity contribution in [1.29, 1.82) is 0 Å². The lowest BCUT2D eigenvalue weighted by atomic mass is 10.2. The zero-order valence-corrected chi connectivity index (χ0v) is 7.97. The van der Waals surface area contributed by atoms with Crippen molar-refractivity contribution >= 4 is 11.6 Å². The molecule has 2 unspecified atom stereocenters. The van der Waals surface area contributed by atoms with Gasteiger partial charge in [0.25, 0.3) is 0 Å². The second kappa shape index (κ2) is 4.29. The van der Waals surface area contributed by atoms with Crippen molar-refractivity contribution in [3.8, 4) is 0 Å². The Kier molecular flexibility index (Phi) is 3.63. The first-order chi connectivity index (χ1) is 5.24. The Labute approximate surface area is 73.5 Å². The maximum absolute atomic E-state index is 5.67. The molecule has 0 aliphatic carbocycles. The zero-order chi connectivity index (χ0) is 8.27. The molecule has 0 bridgehead atoms. The highest BCUT2D eigenvalue weighted by Gasteiger charge is 2.22. The van der Waals surface area contributed by atoms with Gasteiger partial charge in [-0.05, 0) is 13.8 Å². The Morgan fingerprint density at radius 2 is 2.27 bits per heavy atom. The molecule has 1 heterocycles. The molecular weight excluding hydrogens is 162 g/mol. The molecular formula is C8H16ClNO. The zero-order valence-electron chi connectivity index (χ0n) is 7.22. The van der Waals surface area contributed by atoms with Crippen LogP contribution in [0.2, 0.25) is 0 Å². The minimum atomic E-state index is 0.370. The molecule has 0 aromatic heterocycles. The molecule has 11 heavy (non-hydrogen) atoms. The molecule has 0 N–H and O–H groups in total. The van der Waals surface area contributed by atoms with Gasteiger partial charge in [0.15, 0.2) is 0 Å². The van der Waals surface area contributed by atoms with E-state index in [4.69, 9.17) is 16.3 Å². The van der Waals surface area contributed by atoms with Crippen LogP contribution in [-0.4, -0.2) is 42.6 Å². The van der Waals surface area contributed by atoms with Crippen LogP contribution in [0.5, 0.6) is 0 Å². The largest absolute Gasteiger partial charge is 0.376 e. The van der Waals surface area contributed by atoms with Crippen molar-refractivity contribution in [2.24, 2.45) is 0 Å². The summed E-state index contributed by atoms with van der Waals surface area (Å²) < 4.78 is 5.48. The first kappa shape index (κ1) is 9.30. The highest BCUT2D eigenvalue weighted by atomic mass is 35.5. The van der Waals surface area contributed by atoms with Crippen LogP contribution in [0.1, 0.15) is 13.8 Å². The molecule has 0 saturated carbocycles. The second-order valence-electron chi connectivity index (χ2n) is 3.18. The second-order valence-corrected chi connectivity index (χ2v) is 3.55. The molecule has 0 amide bonds. The molecule has 2 atom stereocenters. The van der Waals surface area contributed by atoms with Gasteiger partial charge >= 0.3 is 0 Å². The van der Waals surface area contributed by atoms with E-state index in [-0.39, 0.29) is 0 Å². The number of hydrogen-bond donors (Lipinski definition) is 0. The molecule has 1 saturated heterocycles. The monoisotopic (exact) mass is 177 g/mol. The van der Waals surface area contributed by atoms with Gasteiger partial charge in [0, 0.05) is 25.0 Å². The fourth-order valence-corrected chi connectivity index (χ4v) is 1.61. The first-order valence-corrected chi connectivity index (χ1v) is 4.69. The predicted octanol–water partition coefficient (Wildman–Crippen LogP) is 1.33. The normalized spacial score (nSPS) is 34.1. The standard InChI is InChI=1S/C8H16ClNO/c1-7-6-11-8(2)5-10(7)4-3-9/h7-8H,3-6H2,1-2H3. The average Bonchev–Trinajstić information content (AvgIpc) is 1.98. The number of rotatable bonds is 2. The summed E-state index contributed by atoms with van der Waals surface area (Å²) in [5.41, 5.74) is 0. The predicted molar refractivity (Wildman–Crippen MR) is 47.2 cm³/mol. The van der Waals surface area contributed by atoms with E-state index in [0.717, 1.165) is 25.6 Å². The van der Waals surface area contributed by atoms with Crippen molar-refractivity contribution in [2.75, 3.05) is 25.6 Å². The van der Waals surface area contributed by atoms with Crippen LogP contribution in [0.4, 0.5) is 0 Å².